The Kier molecular flexibility index (Phi) is 3.36. The Morgan fingerprint density at radius 2 is 2.12 bits per heavy atom. The minimum absolute atomic E-state index is 0.637. The van der Waals surface area contributed by atoms with E-state index in [1.807, 2.05) is 4.98 Å². The Bertz CT molecular complexity index is 450. The van der Waals surface area contributed by atoms with Gasteiger partial charge in [0.15, 0.2) is 5.43 Å². The average Bonchev–Trinajstić information content (AvgIpc) is 2.19. The van der Waals surface area contributed by atoms with E-state index in [-0.39, 0.29) is 0 Å². The first kappa shape index (κ1) is 12.3. The maximum Gasteiger partial charge on any atom is 0.431 e. The number of nitrogens with one attached hydrogen (secondary N) is 1. The van der Waals surface area contributed by atoms with E-state index in [1.54, 1.807) is 0 Å². The highest BCUT2D eigenvalue weighted by atomic mass is 19.4. The number of aromatic amines is 1. The number of H-pyrrole nitrogens is 1. The molecule has 0 atom stereocenters. The number of ether oxygens (including phenoxy) is 1. The topological polar surface area (TPSA) is 59.2 Å². The van der Waals surface area contributed by atoms with Crippen molar-refractivity contribution in [2.45, 2.75) is 12.6 Å². The molecule has 1 N–H and O–H groups in total. The van der Waals surface area contributed by atoms with Crippen LogP contribution in [0.15, 0.2) is 17.1 Å². The van der Waals surface area contributed by atoms with E-state index in [2.05, 4.69) is 4.74 Å². The maximum atomic E-state index is 12.5. The molecule has 0 aliphatic heterocycles. The van der Waals surface area contributed by atoms with E-state index < -0.39 is 35.3 Å². The van der Waals surface area contributed by atoms with Gasteiger partial charge < -0.3 is 9.72 Å². The molecule has 0 spiro atoms. The van der Waals surface area contributed by atoms with Gasteiger partial charge in [-0.25, -0.2) is 0 Å². The van der Waals surface area contributed by atoms with Gasteiger partial charge in [-0.05, 0) is 0 Å². The van der Waals surface area contributed by atoms with Gasteiger partial charge in [0, 0.05) is 17.8 Å². The van der Waals surface area contributed by atoms with Gasteiger partial charge in [0.1, 0.15) is 5.69 Å². The van der Waals surface area contributed by atoms with E-state index in [0.29, 0.717) is 0 Å². The highest BCUT2D eigenvalue weighted by Gasteiger charge is 2.35. The largest absolute Gasteiger partial charge is 0.469 e. The van der Waals surface area contributed by atoms with Gasteiger partial charge in [0.2, 0.25) is 0 Å². The minimum Gasteiger partial charge on any atom is -0.469 e. The summed E-state index contributed by atoms with van der Waals surface area (Å²) in [4.78, 5) is 24.0. The van der Waals surface area contributed by atoms with Crippen LogP contribution in [0, 0.1) is 0 Å². The Hall–Kier alpha value is -1.79. The van der Waals surface area contributed by atoms with Gasteiger partial charge in [-0.1, -0.05) is 0 Å². The molecule has 4 nitrogen and oxygen atoms in total. The molecule has 0 bridgehead atoms. The molecule has 0 aliphatic rings. The van der Waals surface area contributed by atoms with Crippen molar-refractivity contribution in [3.63, 3.8) is 0 Å². The highest BCUT2D eigenvalue weighted by Crippen LogP contribution is 2.28. The third-order valence-corrected chi connectivity index (χ3v) is 1.89. The van der Waals surface area contributed by atoms with Crippen molar-refractivity contribution >= 4 is 5.97 Å². The number of esters is 1. The normalized spacial score (nSPS) is 11.2. The fourth-order valence-corrected chi connectivity index (χ4v) is 1.16. The summed E-state index contributed by atoms with van der Waals surface area (Å²) in [6.45, 7) is 0. The molecule has 0 aromatic carbocycles. The lowest BCUT2D eigenvalue weighted by Crippen LogP contribution is -2.22. The quantitative estimate of drug-likeness (QED) is 0.781. The Morgan fingerprint density at radius 3 is 2.62 bits per heavy atom. The number of carbonyl (C=O) groups excluding carboxylic acids is 1. The van der Waals surface area contributed by atoms with Crippen LogP contribution in [0.2, 0.25) is 0 Å². The maximum absolute atomic E-state index is 12.5. The number of carbonyl (C=O) groups is 1. The molecule has 1 aromatic rings. The van der Waals surface area contributed by atoms with Crippen LogP contribution in [0.1, 0.15) is 11.3 Å². The zero-order chi connectivity index (χ0) is 12.3. The van der Waals surface area contributed by atoms with Gasteiger partial charge >= 0.3 is 12.1 Å². The molecule has 1 aromatic heterocycles. The van der Waals surface area contributed by atoms with Crippen LogP contribution in [-0.2, 0) is 22.1 Å². The Balaban J connectivity index is 3.25. The predicted octanol–water partition coefficient (Wildman–Crippen LogP) is 1.11. The standard InChI is InChI=1S/C9H8F3NO3/c1-16-7(15)4-5-6(14)2-3-13-8(5)9(10,11)12/h2-3H,4H2,1H3,(H,13,14). The van der Waals surface area contributed by atoms with Crippen molar-refractivity contribution in [1.82, 2.24) is 4.98 Å². The second-order valence-electron chi connectivity index (χ2n) is 2.95. The highest BCUT2D eigenvalue weighted by molar-refractivity contribution is 5.72. The summed E-state index contributed by atoms with van der Waals surface area (Å²) >= 11 is 0. The second-order valence-corrected chi connectivity index (χ2v) is 2.95. The zero-order valence-corrected chi connectivity index (χ0v) is 8.22. The lowest BCUT2D eigenvalue weighted by Gasteiger charge is -2.10. The molecular formula is C9H8F3NO3. The first-order chi connectivity index (χ1) is 7.36. The Morgan fingerprint density at radius 1 is 1.50 bits per heavy atom. The number of rotatable bonds is 2. The average molecular weight is 235 g/mol. The molecule has 7 heteroatoms. The molecule has 0 saturated heterocycles. The summed E-state index contributed by atoms with van der Waals surface area (Å²) in [7, 11) is 1.03. The van der Waals surface area contributed by atoms with Gasteiger partial charge in [0.05, 0.1) is 13.5 Å². The number of halogens is 3. The lowest BCUT2D eigenvalue weighted by atomic mass is 10.1. The Labute approximate surface area is 88.0 Å². The first-order valence-corrected chi connectivity index (χ1v) is 4.21. The van der Waals surface area contributed by atoms with Crippen molar-refractivity contribution in [3.8, 4) is 0 Å². The molecule has 1 rings (SSSR count). The number of alkyl halides is 3. The van der Waals surface area contributed by atoms with Crippen LogP contribution in [0.25, 0.3) is 0 Å². The summed E-state index contributed by atoms with van der Waals surface area (Å²) < 4.78 is 41.6. The molecule has 0 unspecified atom stereocenters. The van der Waals surface area contributed by atoms with Crippen LogP contribution in [-0.4, -0.2) is 18.1 Å². The van der Waals surface area contributed by atoms with Gasteiger partial charge in [-0.2, -0.15) is 13.2 Å². The van der Waals surface area contributed by atoms with Crippen LogP contribution in [0.3, 0.4) is 0 Å². The summed E-state index contributed by atoms with van der Waals surface area (Å²) in [5, 5.41) is 0. The summed E-state index contributed by atoms with van der Waals surface area (Å²) in [5.74, 6) is -0.901. The second kappa shape index (κ2) is 4.38. The van der Waals surface area contributed by atoms with Crippen molar-refractivity contribution in [1.29, 1.82) is 0 Å². The zero-order valence-electron chi connectivity index (χ0n) is 8.22. The van der Waals surface area contributed by atoms with Gasteiger partial charge in [-0.15, -0.1) is 0 Å². The van der Waals surface area contributed by atoms with Crippen LogP contribution >= 0.6 is 0 Å². The van der Waals surface area contributed by atoms with E-state index >= 15 is 0 Å². The summed E-state index contributed by atoms with van der Waals surface area (Å²) in [5.41, 5.74) is -2.70. The van der Waals surface area contributed by atoms with Crippen molar-refractivity contribution in [2.24, 2.45) is 0 Å². The van der Waals surface area contributed by atoms with Crippen LogP contribution in [0.5, 0.6) is 0 Å². The fraction of sp³-hybridized carbons (Fsp3) is 0.333. The number of hydrogen-bond donors (Lipinski definition) is 1. The van der Waals surface area contributed by atoms with E-state index in [1.165, 1.54) is 0 Å². The fourth-order valence-electron chi connectivity index (χ4n) is 1.16. The van der Waals surface area contributed by atoms with Crippen LogP contribution in [0.4, 0.5) is 13.2 Å². The van der Waals surface area contributed by atoms with E-state index in [0.717, 1.165) is 19.4 Å². The van der Waals surface area contributed by atoms with E-state index in [9.17, 15) is 22.8 Å². The predicted molar refractivity (Wildman–Crippen MR) is 47.8 cm³/mol. The van der Waals surface area contributed by atoms with Gasteiger partial charge in [-0.3, -0.25) is 9.59 Å². The molecule has 0 aliphatic carbocycles. The number of methoxy groups -OCH3 is 1. The van der Waals surface area contributed by atoms with Crippen LogP contribution < -0.4 is 5.43 Å². The number of hydrogen-bond acceptors (Lipinski definition) is 3. The van der Waals surface area contributed by atoms with Crippen molar-refractivity contribution in [2.75, 3.05) is 7.11 Å². The number of aromatic nitrogens is 1. The lowest BCUT2D eigenvalue weighted by molar-refractivity contribution is -0.143. The minimum atomic E-state index is -4.70. The molecule has 0 saturated carbocycles. The van der Waals surface area contributed by atoms with Crippen molar-refractivity contribution in [3.05, 3.63) is 33.7 Å². The molecule has 0 radical (unpaired) electrons. The third-order valence-electron chi connectivity index (χ3n) is 1.89. The molecular weight excluding hydrogens is 227 g/mol. The molecule has 0 amide bonds. The molecule has 16 heavy (non-hydrogen) atoms. The smallest absolute Gasteiger partial charge is 0.431 e. The molecule has 1 heterocycles. The SMILES string of the molecule is COC(=O)Cc1c(C(F)(F)F)[nH]ccc1=O. The number of pyridine rings is 1. The summed E-state index contributed by atoms with van der Waals surface area (Å²) in [6.07, 6.45) is -4.53. The van der Waals surface area contributed by atoms with Gasteiger partial charge in [0.25, 0.3) is 0 Å². The third kappa shape index (κ3) is 2.62. The molecule has 88 valence electrons. The van der Waals surface area contributed by atoms with Crippen molar-refractivity contribution < 1.29 is 22.7 Å². The first-order valence-electron chi connectivity index (χ1n) is 4.21. The monoisotopic (exact) mass is 235 g/mol. The van der Waals surface area contributed by atoms with E-state index in [4.69, 9.17) is 0 Å². The summed E-state index contributed by atoms with van der Waals surface area (Å²) in [6, 6.07) is 0.924. The molecule has 0 fully saturated rings.